The van der Waals surface area contributed by atoms with Crippen molar-refractivity contribution in [1.82, 2.24) is 14.5 Å². The molecule has 1 aromatic carbocycles. The number of nitrogens with zero attached hydrogens (tertiary/aromatic N) is 3. The summed E-state index contributed by atoms with van der Waals surface area (Å²) >= 11 is 0. The minimum Gasteiger partial charge on any atom is -0.501 e. The Morgan fingerprint density at radius 1 is 1.30 bits per heavy atom. The van der Waals surface area contributed by atoms with Crippen molar-refractivity contribution in [1.29, 1.82) is 0 Å². The Morgan fingerprint density at radius 2 is 1.97 bits per heavy atom. The minimum absolute atomic E-state index is 0.114. The van der Waals surface area contributed by atoms with Crippen LogP contribution >= 0.6 is 0 Å². The highest BCUT2D eigenvalue weighted by atomic mass is 19.1. The molecule has 0 spiro atoms. The Labute approximate surface area is 172 Å². The van der Waals surface area contributed by atoms with Crippen LogP contribution in [0, 0.1) is 11.7 Å². The Hall–Kier alpha value is -2.78. The number of hydrogen-bond donors (Lipinski definition) is 3. The predicted molar refractivity (Wildman–Crippen MR) is 106 cm³/mol. The summed E-state index contributed by atoms with van der Waals surface area (Å²) in [5, 5.41) is 20.0. The van der Waals surface area contributed by atoms with Gasteiger partial charge in [0.1, 0.15) is 11.6 Å². The molecule has 0 unspecified atom stereocenters. The molecule has 4 N–H and O–H groups in total. The zero-order chi connectivity index (χ0) is 21.5. The summed E-state index contributed by atoms with van der Waals surface area (Å²) in [5.74, 6) is -1.36. The maximum absolute atomic E-state index is 13.4. The number of hydrogen-bond acceptors (Lipinski definition) is 6. The van der Waals surface area contributed by atoms with Gasteiger partial charge < -0.3 is 15.9 Å². The monoisotopic (exact) mass is 416 g/mol. The molecule has 30 heavy (non-hydrogen) atoms. The number of halogens is 1. The molecule has 1 aromatic heterocycles. The summed E-state index contributed by atoms with van der Waals surface area (Å²) in [7, 11) is 0. The van der Waals surface area contributed by atoms with Gasteiger partial charge in [-0.25, -0.2) is 9.37 Å². The molecule has 0 atom stereocenters. The van der Waals surface area contributed by atoms with Crippen molar-refractivity contribution in [3.63, 3.8) is 0 Å². The average molecular weight is 416 g/mol. The molecule has 3 heterocycles. The van der Waals surface area contributed by atoms with Crippen LogP contribution < -0.4 is 11.3 Å². The molecule has 8 nitrogen and oxygen atoms in total. The third-order valence-corrected chi connectivity index (χ3v) is 6.43. The van der Waals surface area contributed by atoms with Gasteiger partial charge in [0.05, 0.1) is 12.1 Å². The summed E-state index contributed by atoms with van der Waals surface area (Å²) in [6.45, 7) is 1.02. The summed E-state index contributed by atoms with van der Waals surface area (Å²) in [6, 6.07) is 6.14. The first-order valence-corrected chi connectivity index (χ1v) is 10.1. The summed E-state index contributed by atoms with van der Waals surface area (Å²) in [5.41, 5.74) is 4.42. The fourth-order valence-electron chi connectivity index (χ4n) is 4.89. The zero-order valence-corrected chi connectivity index (χ0v) is 16.6. The molecule has 2 bridgehead atoms. The normalized spacial score (nSPS) is 22.7. The van der Waals surface area contributed by atoms with E-state index in [4.69, 9.17) is 5.73 Å². The van der Waals surface area contributed by atoms with Crippen LogP contribution in [0.5, 0.6) is 5.75 Å². The maximum Gasteiger partial charge on any atom is 0.296 e. The summed E-state index contributed by atoms with van der Waals surface area (Å²) in [6.07, 6.45) is 3.07. The van der Waals surface area contributed by atoms with Gasteiger partial charge in [-0.3, -0.25) is 19.1 Å². The quantitative estimate of drug-likeness (QED) is 0.648. The molecular formula is C21H25FN4O4. The fraction of sp³-hybridized carbons (Fsp3) is 0.476. The topological polar surface area (TPSA) is 122 Å². The molecule has 0 radical (unpaired) electrons. The Bertz CT molecular complexity index is 1010. The molecule has 1 aliphatic carbocycles. The smallest absolute Gasteiger partial charge is 0.296 e. The third-order valence-electron chi connectivity index (χ3n) is 6.43. The highest BCUT2D eigenvalue weighted by Gasteiger charge is 2.48. The van der Waals surface area contributed by atoms with Gasteiger partial charge in [0.2, 0.25) is 5.75 Å². The Kier molecular flexibility index (Phi) is 5.33. The second-order valence-corrected chi connectivity index (χ2v) is 8.16. The molecule has 1 fully saturated rings. The Balaban J connectivity index is 1.87. The lowest BCUT2D eigenvalue weighted by Gasteiger charge is -2.45. The number of carbonyl (C=O) groups is 1. The van der Waals surface area contributed by atoms with Crippen LogP contribution in [-0.2, 0) is 18.6 Å². The van der Waals surface area contributed by atoms with Gasteiger partial charge in [0.15, 0.2) is 5.69 Å². The van der Waals surface area contributed by atoms with Gasteiger partial charge in [-0.05, 0) is 49.3 Å². The van der Waals surface area contributed by atoms with Crippen LogP contribution in [0.25, 0.3) is 0 Å². The van der Waals surface area contributed by atoms with Gasteiger partial charge >= 0.3 is 0 Å². The largest absolute Gasteiger partial charge is 0.501 e. The molecule has 160 valence electrons. The highest BCUT2D eigenvalue weighted by molar-refractivity contribution is 5.93. The van der Waals surface area contributed by atoms with E-state index in [1.807, 2.05) is 4.90 Å². The number of amides is 1. The standard InChI is InChI=1S/C21H25FN4O4/c22-15-3-1-13(2-4-15)11-25(9-10-27)21-7-5-14(6-8-21)12-26-19(30)17(28)16(18(23)29)24-20(21)26/h1-4,14,27-28H,5-12H2,(H2,23,29). The first-order chi connectivity index (χ1) is 14.4. The van der Waals surface area contributed by atoms with Crippen LogP contribution in [0.15, 0.2) is 29.1 Å². The number of aromatic hydroxyl groups is 1. The number of aromatic nitrogens is 2. The SMILES string of the molecule is NC(=O)c1nc2n(c(=O)c1O)CC1CCC2(N(CCO)Cc2ccc(F)cc2)CC1. The molecular weight excluding hydrogens is 391 g/mol. The highest BCUT2D eigenvalue weighted by Crippen LogP contribution is 2.47. The molecule has 1 saturated carbocycles. The third kappa shape index (κ3) is 3.37. The van der Waals surface area contributed by atoms with E-state index in [1.54, 1.807) is 12.1 Å². The molecule has 9 heteroatoms. The van der Waals surface area contributed by atoms with Gasteiger partial charge in [0.25, 0.3) is 11.5 Å². The van der Waals surface area contributed by atoms with Crippen LogP contribution in [0.2, 0.25) is 0 Å². The summed E-state index contributed by atoms with van der Waals surface area (Å²) < 4.78 is 14.8. The molecule has 1 amide bonds. The first-order valence-electron chi connectivity index (χ1n) is 10.1. The zero-order valence-electron chi connectivity index (χ0n) is 16.6. The van der Waals surface area contributed by atoms with Gasteiger partial charge in [-0.2, -0.15) is 0 Å². The van der Waals surface area contributed by atoms with Crippen molar-refractivity contribution >= 4 is 5.91 Å². The average Bonchev–Trinajstić information content (AvgIpc) is 2.99. The number of rotatable bonds is 6. The van der Waals surface area contributed by atoms with Gasteiger partial charge in [-0.1, -0.05) is 12.1 Å². The number of aliphatic hydroxyl groups is 1. The number of primary amides is 1. The van der Waals surface area contributed by atoms with E-state index in [9.17, 15) is 24.2 Å². The van der Waals surface area contributed by atoms with Crippen molar-refractivity contribution in [2.24, 2.45) is 11.7 Å². The molecule has 2 aromatic rings. The number of aliphatic hydroxyl groups excluding tert-OH is 1. The lowest BCUT2D eigenvalue weighted by molar-refractivity contribution is 0.0142. The van der Waals surface area contributed by atoms with Crippen LogP contribution in [0.3, 0.4) is 0 Å². The van der Waals surface area contributed by atoms with E-state index < -0.39 is 28.4 Å². The molecule has 2 aliphatic heterocycles. The van der Waals surface area contributed by atoms with E-state index in [1.165, 1.54) is 16.7 Å². The van der Waals surface area contributed by atoms with Crippen LogP contribution in [-0.4, -0.2) is 43.7 Å². The second-order valence-electron chi connectivity index (χ2n) is 8.16. The minimum atomic E-state index is -0.964. The van der Waals surface area contributed by atoms with Crippen molar-refractivity contribution < 1.29 is 19.4 Å². The number of benzene rings is 1. The summed E-state index contributed by atoms with van der Waals surface area (Å²) in [4.78, 5) is 31.2. The number of carbonyl (C=O) groups excluding carboxylic acids is 1. The molecule has 5 rings (SSSR count). The van der Waals surface area contributed by atoms with Crippen LogP contribution in [0.1, 0.15) is 47.6 Å². The van der Waals surface area contributed by atoms with E-state index in [2.05, 4.69) is 4.98 Å². The van der Waals surface area contributed by atoms with Gasteiger partial charge in [-0.15, -0.1) is 0 Å². The lowest BCUT2D eigenvalue weighted by atomic mass is 9.76. The predicted octanol–water partition coefficient (Wildman–Crippen LogP) is 1.08. The number of nitrogens with two attached hydrogens (primary N) is 1. The van der Waals surface area contributed by atoms with E-state index in [0.29, 0.717) is 38.3 Å². The van der Waals surface area contributed by atoms with Crippen molar-refractivity contribution in [2.45, 2.75) is 44.3 Å². The maximum atomic E-state index is 13.4. The van der Waals surface area contributed by atoms with Gasteiger partial charge in [0, 0.05) is 19.6 Å². The van der Waals surface area contributed by atoms with Crippen molar-refractivity contribution in [3.05, 3.63) is 57.5 Å². The molecule has 0 saturated heterocycles. The van der Waals surface area contributed by atoms with Crippen molar-refractivity contribution in [2.75, 3.05) is 13.2 Å². The van der Waals surface area contributed by atoms with Crippen LogP contribution in [0.4, 0.5) is 4.39 Å². The fourth-order valence-corrected chi connectivity index (χ4v) is 4.89. The van der Waals surface area contributed by atoms with E-state index in [-0.39, 0.29) is 18.3 Å². The number of fused-ring (bicyclic) bond motifs is 2. The van der Waals surface area contributed by atoms with Crippen molar-refractivity contribution in [3.8, 4) is 5.75 Å². The van der Waals surface area contributed by atoms with E-state index >= 15 is 0 Å². The molecule has 3 aliphatic rings. The first kappa shape index (κ1) is 20.5. The lowest BCUT2D eigenvalue weighted by Crippen LogP contribution is -2.50. The van der Waals surface area contributed by atoms with E-state index in [0.717, 1.165) is 18.4 Å². The Morgan fingerprint density at radius 3 is 2.57 bits per heavy atom. The second kappa shape index (κ2) is 7.81.